The third-order valence-electron chi connectivity index (χ3n) is 4.46. The molecule has 0 radical (unpaired) electrons. The van der Waals surface area contributed by atoms with Crippen LogP contribution in [0.15, 0.2) is 24.5 Å². The summed E-state index contributed by atoms with van der Waals surface area (Å²) in [6, 6.07) is 5.79. The van der Waals surface area contributed by atoms with Crippen LogP contribution in [0.2, 0.25) is 0 Å². The van der Waals surface area contributed by atoms with Gasteiger partial charge < -0.3 is 20.1 Å². The topological polar surface area (TPSA) is 81.3 Å². The Balaban J connectivity index is 1.57. The Morgan fingerprint density at radius 3 is 2.65 bits per heavy atom. The van der Waals surface area contributed by atoms with Crippen molar-refractivity contribution in [1.82, 2.24) is 25.1 Å². The highest BCUT2D eigenvalue weighted by molar-refractivity contribution is 5.82. The monoisotopic (exact) mass is 357 g/mol. The molecule has 0 aliphatic carbocycles. The predicted molar refractivity (Wildman–Crippen MR) is 101 cm³/mol. The molecule has 0 saturated carbocycles. The Hall–Kier alpha value is -2.57. The van der Waals surface area contributed by atoms with Gasteiger partial charge in [0.15, 0.2) is 0 Å². The minimum Gasteiger partial charge on any atom is -0.345 e. The number of imidazole rings is 1. The van der Waals surface area contributed by atoms with E-state index in [9.17, 15) is 9.59 Å². The highest BCUT2D eigenvalue weighted by atomic mass is 16.2. The Kier molecular flexibility index (Phi) is 5.15. The maximum Gasteiger partial charge on any atom is 0.317 e. The van der Waals surface area contributed by atoms with Crippen LogP contribution in [0.5, 0.6) is 0 Å². The Morgan fingerprint density at radius 2 is 1.88 bits per heavy atom. The predicted octanol–water partition coefficient (Wildman–Crippen LogP) is 2.15. The van der Waals surface area contributed by atoms with Gasteiger partial charge in [0.2, 0.25) is 5.91 Å². The molecule has 26 heavy (non-hydrogen) atoms. The summed E-state index contributed by atoms with van der Waals surface area (Å²) >= 11 is 0. The molecule has 7 heteroatoms. The Bertz CT molecular complexity index is 793. The number of carbonyl (C=O) groups excluding carboxylic acids is 2. The van der Waals surface area contributed by atoms with Crippen molar-refractivity contribution in [3.63, 3.8) is 0 Å². The zero-order chi connectivity index (χ0) is 18.7. The van der Waals surface area contributed by atoms with Crippen molar-refractivity contribution in [3.8, 4) is 0 Å². The highest BCUT2D eigenvalue weighted by Gasteiger charge is 2.24. The van der Waals surface area contributed by atoms with Gasteiger partial charge in [0.25, 0.3) is 0 Å². The zero-order valence-electron chi connectivity index (χ0n) is 15.7. The highest BCUT2D eigenvalue weighted by Crippen LogP contribution is 2.14. The van der Waals surface area contributed by atoms with E-state index in [1.54, 1.807) is 11.2 Å². The first-order valence-corrected chi connectivity index (χ1v) is 9.09. The number of hydrogen-bond acceptors (Lipinski definition) is 3. The fraction of sp³-hybridized carbons (Fsp3) is 0.526. The number of carbonyl (C=O) groups is 2. The lowest BCUT2D eigenvalue weighted by atomic mass is 10.1. The van der Waals surface area contributed by atoms with Crippen molar-refractivity contribution in [3.05, 3.63) is 30.1 Å². The fourth-order valence-corrected chi connectivity index (χ4v) is 3.15. The number of hydrogen-bond donors (Lipinski definition) is 2. The van der Waals surface area contributed by atoms with Gasteiger partial charge in [-0.25, -0.2) is 9.78 Å². The van der Waals surface area contributed by atoms with Crippen molar-refractivity contribution >= 4 is 23.0 Å². The minimum atomic E-state index is -0.260. The van der Waals surface area contributed by atoms with Gasteiger partial charge in [0.1, 0.15) is 0 Å². The van der Waals surface area contributed by atoms with Gasteiger partial charge in [0.05, 0.1) is 23.8 Å². The number of urea groups is 1. The van der Waals surface area contributed by atoms with Gasteiger partial charge in [0, 0.05) is 31.7 Å². The summed E-state index contributed by atoms with van der Waals surface area (Å²) < 4.78 is 0. The van der Waals surface area contributed by atoms with E-state index in [-0.39, 0.29) is 17.5 Å². The van der Waals surface area contributed by atoms with E-state index in [1.165, 1.54) is 0 Å². The second kappa shape index (κ2) is 7.35. The maximum absolute atomic E-state index is 12.7. The summed E-state index contributed by atoms with van der Waals surface area (Å²) in [5.74, 6) is 0.0990. The molecule has 140 valence electrons. The van der Waals surface area contributed by atoms with Crippen LogP contribution in [0, 0.1) is 0 Å². The van der Waals surface area contributed by atoms with E-state index in [4.69, 9.17) is 0 Å². The lowest BCUT2D eigenvalue weighted by Gasteiger charge is -2.27. The number of benzene rings is 1. The Morgan fingerprint density at radius 1 is 1.15 bits per heavy atom. The largest absolute Gasteiger partial charge is 0.345 e. The lowest BCUT2D eigenvalue weighted by molar-refractivity contribution is -0.130. The van der Waals surface area contributed by atoms with Crippen LogP contribution in [0.4, 0.5) is 4.79 Å². The first-order valence-electron chi connectivity index (χ1n) is 9.09. The molecule has 2 aromatic rings. The lowest BCUT2D eigenvalue weighted by Crippen LogP contribution is -2.49. The standard InChI is InChI=1S/C19H27N5O2/c1-19(2,3)22-18(26)24-8-4-7-23(9-10-24)17(25)12-14-5-6-15-16(11-14)21-13-20-15/h5-6,11,13H,4,7-10,12H2,1-3H3,(H,20,21)(H,22,26). The smallest absolute Gasteiger partial charge is 0.317 e. The molecule has 0 spiro atoms. The van der Waals surface area contributed by atoms with Crippen molar-refractivity contribution < 1.29 is 9.59 Å². The van der Waals surface area contributed by atoms with Crippen LogP contribution >= 0.6 is 0 Å². The van der Waals surface area contributed by atoms with E-state index in [2.05, 4.69) is 15.3 Å². The van der Waals surface area contributed by atoms with E-state index in [1.807, 2.05) is 43.9 Å². The number of aromatic amines is 1. The average Bonchev–Trinajstić information content (AvgIpc) is 2.87. The van der Waals surface area contributed by atoms with Gasteiger partial charge in [-0.2, -0.15) is 0 Å². The molecule has 1 saturated heterocycles. The normalized spacial score (nSPS) is 15.8. The van der Waals surface area contributed by atoms with Crippen molar-refractivity contribution in [2.75, 3.05) is 26.2 Å². The second-order valence-corrected chi connectivity index (χ2v) is 7.83. The van der Waals surface area contributed by atoms with Crippen LogP contribution in [0.1, 0.15) is 32.8 Å². The average molecular weight is 357 g/mol. The first-order chi connectivity index (χ1) is 12.3. The van der Waals surface area contributed by atoms with E-state index in [0.717, 1.165) is 23.0 Å². The van der Waals surface area contributed by atoms with Crippen LogP contribution in [0.3, 0.4) is 0 Å². The molecule has 1 fully saturated rings. The van der Waals surface area contributed by atoms with E-state index in [0.29, 0.717) is 32.6 Å². The summed E-state index contributed by atoms with van der Waals surface area (Å²) in [5, 5.41) is 2.99. The molecule has 1 aliphatic heterocycles. The summed E-state index contributed by atoms with van der Waals surface area (Å²) in [4.78, 5) is 35.9. The SMILES string of the molecule is CC(C)(C)NC(=O)N1CCCN(C(=O)Cc2ccc3nc[nH]c3c2)CC1. The van der Waals surface area contributed by atoms with E-state index < -0.39 is 0 Å². The number of H-pyrrole nitrogens is 1. The minimum absolute atomic E-state index is 0.0588. The van der Waals surface area contributed by atoms with Gasteiger partial charge in [-0.15, -0.1) is 0 Å². The molecule has 7 nitrogen and oxygen atoms in total. The molecule has 1 aliphatic rings. The summed E-state index contributed by atoms with van der Waals surface area (Å²) in [6.07, 6.45) is 2.81. The fourth-order valence-electron chi connectivity index (χ4n) is 3.15. The third kappa shape index (κ3) is 4.53. The molecule has 0 unspecified atom stereocenters. The molecule has 2 heterocycles. The maximum atomic E-state index is 12.7. The molecule has 1 aromatic carbocycles. The molecule has 3 amide bonds. The van der Waals surface area contributed by atoms with Gasteiger partial charge in [-0.3, -0.25) is 4.79 Å². The van der Waals surface area contributed by atoms with Gasteiger partial charge in [-0.05, 0) is 44.9 Å². The number of amides is 3. The number of nitrogens with one attached hydrogen (secondary N) is 2. The quantitative estimate of drug-likeness (QED) is 0.864. The molecule has 3 rings (SSSR count). The van der Waals surface area contributed by atoms with E-state index >= 15 is 0 Å². The number of nitrogens with zero attached hydrogens (tertiary/aromatic N) is 3. The molecule has 1 aromatic heterocycles. The van der Waals surface area contributed by atoms with Gasteiger partial charge in [-0.1, -0.05) is 6.07 Å². The number of aromatic nitrogens is 2. The van der Waals surface area contributed by atoms with Crippen LogP contribution < -0.4 is 5.32 Å². The number of fused-ring (bicyclic) bond motifs is 1. The Labute approximate surface area is 153 Å². The molecular formula is C19H27N5O2. The summed E-state index contributed by atoms with van der Waals surface area (Å²) in [7, 11) is 0. The van der Waals surface area contributed by atoms with Crippen molar-refractivity contribution in [1.29, 1.82) is 0 Å². The van der Waals surface area contributed by atoms with Crippen LogP contribution in [-0.4, -0.2) is 63.4 Å². The first kappa shape index (κ1) is 18.2. The van der Waals surface area contributed by atoms with Crippen molar-refractivity contribution in [2.45, 2.75) is 39.2 Å². The van der Waals surface area contributed by atoms with Gasteiger partial charge >= 0.3 is 6.03 Å². The molecule has 2 N–H and O–H groups in total. The third-order valence-corrected chi connectivity index (χ3v) is 4.46. The molecule has 0 bridgehead atoms. The molecule has 0 atom stereocenters. The summed E-state index contributed by atoms with van der Waals surface area (Å²) in [6.45, 7) is 8.39. The second-order valence-electron chi connectivity index (χ2n) is 7.83. The van der Waals surface area contributed by atoms with Crippen LogP contribution in [-0.2, 0) is 11.2 Å². The molecular weight excluding hydrogens is 330 g/mol. The zero-order valence-corrected chi connectivity index (χ0v) is 15.7. The number of rotatable bonds is 2. The van der Waals surface area contributed by atoms with Crippen LogP contribution in [0.25, 0.3) is 11.0 Å². The van der Waals surface area contributed by atoms with Crippen molar-refractivity contribution in [2.24, 2.45) is 0 Å². The summed E-state index contributed by atoms with van der Waals surface area (Å²) in [5.41, 5.74) is 2.55.